The lowest BCUT2D eigenvalue weighted by molar-refractivity contribution is 0.0954. The Bertz CT molecular complexity index is 607. The molecule has 20 heavy (non-hydrogen) atoms. The topological polar surface area (TPSA) is 97.9 Å². The summed E-state index contributed by atoms with van der Waals surface area (Å²) in [6.07, 6.45) is 3.97. The Morgan fingerprint density at radius 3 is 2.95 bits per heavy atom. The molecule has 0 fully saturated rings. The van der Waals surface area contributed by atoms with Crippen LogP contribution in [0.5, 0.6) is 0 Å². The molecule has 2 aromatic heterocycles. The van der Waals surface area contributed by atoms with E-state index in [-0.39, 0.29) is 5.91 Å². The first-order valence-electron chi connectivity index (χ1n) is 6.30. The third-order valence-corrected chi connectivity index (χ3v) is 3.03. The Hall–Kier alpha value is -2.41. The molecule has 2 heterocycles. The number of hydrogen-bond donors (Lipinski definition) is 3. The zero-order valence-corrected chi connectivity index (χ0v) is 11.6. The van der Waals surface area contributed by atoms with Gasteiger partial charge in [0.1, 0.15) is 0 Å². The van der Waals surface area contributed by atoms with Crippen molar-refractivity contribution < 1.29 is 4.79 Å². The molecule has 0 saturated heterocycles. The highest BCUT2D eigenvalue weighted by atomic mass is 16.1. The molecule has 0 bridgehead atoms. The van der Waals surface area contributed by atoms with Crippen molar-refractivity contribution >= 4 is 11.6 Å². The smallest absolute Gasteiger partial charge is 0.255 e. The van der Waals surface area contributed by atoms with Crippen molar-refractivity contribution in [2.24, 2.45) is 12.9 Å². The number of rotatable bonds is 5. The van der Waals surface area contributed by atoms with Gasteiger partial charge in [-0.1, -0.05) is 0 Å². The fraction of sp³-hybridized carbons (Fsp3) is 0.308. The maximum atomic E-state index is 12.1. The van der Waals surface area contributed by atoms with E-state index in [9.17, 15) is 4.79 Å². The van der Waals surface area contributed by atoms with E-state index in [2.05, 4.69) is 20.8 Å². The second-order valence-corrected chi connectivity index (χ2v) is 4.47. The predicted octanol–water partition coefficient (Wildman–Crippen LogP) is 0.382. The number of nitrogens with one attached hydrogen (secondary N) is 2. The second kappa shape index (κ2) is 6.16. The average molecular weight is 274 g/mol. The summed E-state index contributed by atoms with van der Waals surface area (Å²) in [5.41, 5.74) is 5.37. The summed E-state index contributed by atoms with van der Waals surface area (Å²) in [5, 5.41) is 6.92. The summed E-state index contributed by atoms with van der Waals surface area (Å²) < 4.78 is 1.78. The third-order valence-electron chi connectivity index (χ3n) is 3.03. The van der Waals surface area contributed by atoms with Gasteiger partial charge in [-0.15, -0.1) is 0 Å². The van der Waals surface area contributed by atoms with Crippen molar-refractivity contribution in [1.29, 1.82) is 0 Å². The van der Waals surface area contributed by atoms with Crippen LogP contribution in [0.25, 0.3) is 0 Å². The number of carbonyl (C=O) groups excluding carboxylic acids is 1. The van der Waals surface area contributed by atoms with Gasteiger partial charge in [0.15, 0.2) is 0 Å². The Balaban J connectivity index is 1.97. The minimum absolute atomic E-state index is 0.201. The standard InChI is InChI=1S/C13H18N6O/c1-9-7-12(18-14)11(8-16-9)13(20)15-5-3-10-4-6-17-19(10)2/h4,6-8H,3,5,14H2,1-2H3,(H,15,20)(H,16,18). The lowest BCUT2D eigenvalue weighted by Gasteiger charge is -2.10. The number of carbonyl (C=O) groups is 1. The molecule has 0 aliphatic heterocycles. The molecule has 1 amide bonds. The molecule has 0 atom stereocenters. The number of aryl methyl sites for hydroxylation is 2. The van der Waals surface area contributed by atoms with Crippen LogP contribution >= 0.6 is 0 Å². The average Bonchev–Trinajstić information content (AvgIpc) is 2.84. The van der Waals surface area contributed by atoms with Gasteiger partial charge < -0.3 is 10.7 Å². The molecule has 7 heteroatoms. The predicted molar refractivity (Wildman–Crippen MR) is 76.0 cm³/mol. The molecule has 0 aliphatic carbocycles. The van der Waals surface area contributed by atoms with Crippen LogP contribution in [0.3, 0.4) is 0 Å². The van der Waals surface area contributed by atoms with Crippen LogP contribution in [0.15, 0.2) is 24.5 Å². The van der Waals surface area contributed by atoms with Crippen LogP contribution in [0, 0.1) is 6.92 Å². The van der Waals surface area contributed by atoms with Crippen LogP contribution in [-0.2, 0) is 13.5 Å². The van der Waals surface area contributed by atoms with Crippen molar-refractivity contribution in [2.75, 3.05) is 12.0 Å². The highest BCUT2D eigenvalue weighted by Crippen LogP contribution is 2.14. The number of anilines is 1. The molecular formula is C13H18N6O. The maximum absolute atomic E-state index is 12.1. The summed E-state index contributed by atoms with van der Waals surface area (Å²) in [6, 6.07) is 3.66. The van der Waals surface area contributed by atoms with Crippen molar-refractivity contribution in [3.05, 3.63) is 41.5 Å². The normalized spacial score (nSPS) is 10.3. The Morgan fingerprint density at radius 1 is 1.50 bits per heavy atom. The highest BCUT2D eigenvalue weighted by Gasteiger charge is 2.11. The molecule has 7 nitrogen and oxygen atoms in total. The maximum Gasteiger partial charge on any atom is 0.255 e. The molecule has 0 aromatic carbocycles. The van der Waals surface area contributed by atoms with Gasteiger partial charge in [0.2, 0.25) is 0 Å². The van der Waals surface area contributed by atoms with Gasteiger partial charge in [0, 0.05) is 43.8 Å². The Labute approximate surface area is 117 Å². The molecular weight excluding hydrogens is 256 g/mol. The summed E-state index contributed by atoms with van der Waals surface area (Å²) in [4.78, 5) is 16.2. The van der Waals surface area contributed by atoms with Crippen LogP contribution in [0.2, 0.25) is 0 Å². The largest absolute Gasteiger partial charge is 0.352 e. The molecule has 0 radical (unpaired) electrons. The molecule has 2 rings (SSSR count). The monoisotopic (exact) mass is 274 g/mol. The zero-order valence-electron chi connectivity index (χ0n) is 11.6. The van der Waals surface area contributed by atoms with E-state index in [1.54, 1.807) is 16.9 Å². The number of aromatic nitrogens is 3. The van der Waals surface area contributed by atoms with Crippen LogP contribution in [0.4, 0.5) is 5.69 Å². The van der Waals surface area contributed by atoms with Crippen LogP contribution in [-0.4, -0.2) is 27.2 Å². The molecule has 2 aromatic rings. The number of amides is 1. The number of nitrogens with two attached hydrogens (primary N) is 1. The Morgan fingerprint density at radius 2 is 2.30 bits per heavy atom. The van der Waals surface area contributed by atoms with E-state index >= 15 is 0 Å². The first-order valence-corrected chi connectivity index (χ1v) is 6.30. The lowest BCUT2D eigenvalue weighted by atomic mass is 10.2. The quantitative estimate of drug-likeness (QED) is 0.541. The summed E-state index contributed by atoms with van der Waals surface area (Å²) in [7, 11) is 1.87. The van der Waals surface area contributed by atoms with Crippen molar-refractivity contribution in [3.63, 3.8) is 0 Å². The minimum atomic E-state index is -0.201. The molecule has 106 valence electrons. The fourth-order valence-electron chi connectivity index (χ4n) is 1.91. The highest BCUT2D eigenvalue weighted by molar-refractivity contribution is 5.99. The summed E-state index contributed by atoms with van der Waals surface area (Å²) in [5.74, 6) is 5.21. The number of nitrogen functional groups attached to an aromatic ring is 1. The minimum Gasteiger partial charge on any atom is -0.352 e. The number of hydrogen-bond acceptors (Lipinski definition) is 5. The van der Waals surface area contributed by atoms with Gasteiger partial charge in [0.05, 0.1) is 11.3 Å². The first-order chi connectivity index (χ1) is 9.61. The fourth-order valence-corrected chi connectivity index (χ4v) is 1.91. The van der Waals surface area contributed by atoms with Gasteiger partial charge in [-0.3, -0.25) is 20.3 Å². The van der Waals surface area contributed by atoms with Gasteiger partial charge in [-0.05, 0) is 19.1 Å². The van der Waals surface area contributed by atoms with E-state index in [1.165, 1.54) is 6.20 Å². The van der Waals surface area contributed by atoms with Gasteiger partial charge >= 0.3 is 0 Å². The summed E-state index contributed by atoms with van der Waals surface area (Å²) >= 11 is 0. The van der Waals surface area contributed by atoms with Crippen molar-refractivity contribution in [2.45, 2.75) is 13.3 Å². The second-order valence-electron chi connectivity index (χ2n) is 4.47. The Kier molecular flexibility index (Phi) is 4.31. The van der Waals surface area contributed by atoms with E-state index in [0.29, 0.717) is 24.2 Å². The molecule has 0 saturated carbocycles. The number of hydrazine groups is 1. The summed E-state index contributed by atoms with van der Waals surface area (Å²) in [6.45, 7) is 2.36. The van der Waals surface area contributed by atoms with Gasteiger partial charge in [-0.2, -0.15) is 5.10 Å². The van der Waals surface area contributed by atoms with E-state index in [4.69, 9.17) is 5.84 Å². The van der Waals surface area contributed by atoms with Crippen molar-refractivity contribution in [3.8, 4) is 0 Å². The van der Waals surface area contributed by atoms with E-state index in [0.717, 1.165) is 11.4 Å². The molecule has 0 spiro atoms. The first kappa shape index (κ1) is 14.0. The van der Waals surface area contributed by atoms with Crippen LogP contribution < -0.4 is 16.6 Å². The van der Waals surface area contributed by atoms with Gasteiger partial charge in [-0.25, -0.2) is 0 Å². The van der Waals surface area contributed by atoms with E-state index in [1.807, 2.05) is 20.0 Å². The third kappa shape index (κ3) is 3.12. The lowest BCUT2D eigenvalue weighted by Crippen LogP contribution is -2.27. The zero-order chi connectivity index (χ0) is 14.5. The van der Waals surface area contributed by atoms with E-state index < -0.39 is 0 Å². The van der Waals surface area contributed by atoms with Crippen LogP contribution in [0.1, 0.15) is 21.7 Å². The van der Waals surface area contributed by atoms with Crippen molar-refractivity contribution in [1.82, 2.24) is 20.1 Å². The molecule has 4 N–H and O–H groups in total. The SMILES string of the molecule is Cc1cc(NN)c(C(=O)NCCc2ccnn2C)cn1. The molecule has 0 aliphatic rings. The number of nitrogens with zero attached hydrogens (tertiary/aromatic N) is 3. The van der Waals surface area contributed by atoms with Gasteiger partial charge in [0.25, 0.3) is 5.91 Å². The number of pyridine rings is 1. The molecule has 0 unspecified atom stereocenters.